The third kappa shape index (κ3) is 1.88. The fraction of sp³-hybridized carbons (Fsp3) is 0.188. The minimum Gasteiger partial charge on any atom is -0.493 e. The quantitative estimate of drug-likeness (QED) is 0.821. The Hall–Kier alpha value is -2.76. The number of azo groups is 2. The van der Waals surface area contributed by atoms with Crippen LogP contribution in [0.1, 0.15) is 12.0 Å². The van der Waals surface area contributed by atoms with Crippen molar-refractivity contribution >= 4 is 11.7 Å². The van der Waals surface area contributed by atoms with Crippen molar-refractivity contribution in [1.82, 2.24) is 5.32 Å². The van der Waals surface area contributed by atoms with E-state index in [9.17, 15) is 9.18 Å². The summed E-state index contributed by atoms with van der Waals surface area (Å²) in [4.78, 5) is 12.3. The number of rotatable bonds is 1. The molecule has 0 aliphatic carbocycles. The zero-order chi connectivity index (χ0) is 15.2. The summed E-state index contributed by atoms with van der Waals surface area (Å²) in [6.45, 7) is 0.408. The minimum atomic E-state index is -0.970. The minimum absolute atomic E-state index is 0.330. The van der Waals surface area contributed by atoms with E-state index in [1.165, 1.54) is 16.8 Å². The standard InChI is InChI=1S/C16H12FN3O2/c17-11-6-7-14-13(10-11)16(8-9-22-14)18-15(21)20(19-16)12-4-2-1-3-5-12/h1-7,10H,8-9H2/p+1. The molecular formula is C16H13FN3O2+. The number of nitrogens with one attached hydrogen (secondary N) is 1. The molecule has 22 heavy (non-hydrogen) atoms. The topological polar surface area (TPSA) is 53.7 Å². The summed E-state index contributed by atoms with van der Waals surface area (Å²) in [6, 6.07) is 13.1. The monoisotopic (exact) mass is 298 g/mol. The number of carbonyl (C=O) groups excluding carboxylic acids is 1. The number of para-hydroxylation sites is 1. The van der Waals surface area contributed by atoms with Crippen LogP contribution in [0.2, 0.25) is 0 Å². The van der Waals surface area contributed by atoms with Crippen LogP contribution < -0.4 is 10.1 Å². The number of fused-ring (bicyclic) bond motifs is 2. The van der Waals surface area contributed by atoms with Crippen LogP contribution in [0.25, 0.3) is 0 Å². The fourth-order valence-corrected chi connectivity index (χ4v) is 2.84. The third-order valence-electron chi connectivity index (χ3n) is 3.89. The molecule has 1 atom stereocenters. The van der Waals surface area contributed by atoms with Crippen LogP contribution >= 0.6 is 0 Å². The Bertz CT molecular complexity index is 791. The number of ether oxygens (including phenoxy) is 1. The van der Waals surface area contributed by atoms with Gasteiger partial charge in [-0.05, 0) is 30.3 Å². The molecule has 1 N–H and O–H groups in total. The van der Waals surface area contributed by atoms with E-state index in [1.54, 1.807) is 18.2 Å². The normalized spacial score (nSPS) is 22.8. The molecule has 2 aromatic carbocycles. The van der Waals surface area contributed by atoms with Crippen molar-refractivity contribution in [1.29, 1.82) is 0 Å². The average Bonchev–Trinajstić information content (AvgIpc) is 2.87. The van der Waals surface area contributed by atoms with Crippen LogP contribution in [-0.4, -0.2) is 17.3 Å². The van der Waals surface area contributed by atoms with Crippen LogP contribution in [-0.2, 0) is 5.66 Å². The van der Waals surface area contributed by atoms with Crippen molar-refractivity contribution in [3.05, 3.63) is 59.9 Å². The molecule has 110 valence electrons. The van der Waals surface area contributed by atoms with Gasteiger partial charge in [0.1, 0.15) is 11.6 Å². The summed E-state index contributed by atoms with van der Waals surface area (Å²) in [5.74, 6) is 0.165. The Labute approximate surface area is 126 Å². The molecule has 2 aliphatic rings. The van der Waals surface area contributed by atoms with Gasteiger partial charge in [-0.1, -0.05) is 28.0 Å². The first-order valence-electron chi connectivity index (χ1n) is 7.01. The van der Waals surface area contributed by atoms with Crippen molar-refractivity contribution in [3.63, 3.8) is 0 Å². The zero-order valence-corrected chi connectivity index (χ0v) is 11.6. The number of hydrogen-bond acceptors (Lipinski definition) is 3. The van der Waals surface area contributed by atoms with E-state index < -0.39 is 5.66 Å². The molecular weight excluding hydrogens is 285 g/mol. The molecule has 5 nitrogen and oxygen atoms in total. The van der Waals surface area contributed by atoms with E-state index in [2.05, 4.69) is 10.4 Å². The molecule has 2 amide bonds. The lowest BCUT2D eigenvalue weighted by Crippen LogP contribution is -2.43. The highest BCUT2D eigenvalue weighted by molar-refractivity contribution is 5.71. The van der Waals surface area contributed by atoms with Crippen LogP contribution in [0.5, 0.6) is 5.75 Å². The molecule has 4 rings (SSSR count). The van der Waals surface area contributed by atoms with Crippen molar-refractivity contribution in [2.75, 3.05) is 6.61 Å². The summed E-state index contributed by atoms with van der Waals surface area (Å²) in [5, 5.41) is 7.41. The molecule has 6 heteroatoms. The van der Waals surface area contributed by atoms with Gasteiger partial charge in [-0.2, -0.15) is 4.79 Å². The smallest absolute Gasteiger partial charge is 0.493 e. The average molecular weight is 298 g/mol. The molecule has 0 saturated carbocycles. The van der Waals surface area contributed by atoms with Gasteiger partial charge in [0.25, 0.3) is 5.66 Å². The second-order valence-corrected chi connectivity index (χ2v) is 5.28. The summed E-state index contributed by atoms with van der Waals surface area (Å²) in [5.41, 5.74) is 0.245. The number of benzene rings is 2. The summed E-state index contributed by atoms with van der Waals surface area (Å²) in [7, 11) is 0. The predicted molar refractivity (Wildman–Crippen MR) is 75.5 cm³/mol. The number of halogens is 1. The van der Waals surface area contributed by atoms with Crippen LogP contribution in [0, 0.1) is 5.82 Å². The van der Waals surface area contributed by atoms with E-state index in [0.29, 0.717) is 30.0 Å². The van der Waals surface area contributed by atoms with Crippen molar-refractivity contribution < 1.29 is 18.6 Å². The Morgan fingerprint density at radius 2 is 2.05 bits per heavy atom. The number of nitrogens with zero attached hydrogens (tertiary/aromatic N) is 2. The molecule has 0 fully saturated rings. The first-order valence-corrected chi connectivity index (χ1v) is 7.01. The van der Waals surface area contributed by atoms with Crippen LogP contribution in [0.4, 0.5) is 14.9 Å². The number of carbonyl (C=O) groups is 1. The first kappa shape index (κ1) is 12.9. The molecule has 1 unspecified atom stereocenters. The summed E-state index contributed by atoms with van der Waals surface area (Å²) in [6.07, 6.45) is 0.457. The van der Waals surface area contributed by atoms with E-state index >= 15 is 0 Å². The fourth-order valence-electron chi connectivity index (χ4n) is 2.84. The van der Waals surface area contributed by atoms with Gasteiger partial charge in [-0.25, -0.2) is 9.71 Å². The number of hydrogen-bond donors (Lipinski definition) is 1. The molecule has 0 aromatic heterocycles. The summed E-state index contributed by atoms with van der Waals surface area (Å²) < 4.78 is 20.5. The molecule has 0 saturated heterocycles. The summed E-state index contributed by atoms with van der Waals surface area (Å²) >= 11 is 0. The predicted octanol–water partition coefficient (Wildman–Crippen LogP) is 3.28. The van der Waals surface area contributed by atoms with Gasteiger partial charge < -0.3 is 4.74 Å². The Morgan fingerprint density at radius 3 is 2.86 bits per heavy atom. The number of urea groups is 1. The second kappa shape index (κ2) is 4.62. The molecule has 2 aliphatic heterocycles. The highest BCUT2D eigenvalue weighted by atomic mass is 19.1. The third-order valence-corrected chi connectivity index (χ3v) is 3.89. The van der Waals surface area contributed by atoms with E-state index in [4.69, 9.17) is 4.74 Å². The van der Waals surface area contributed by atoms with E-state index in [1.807, 2.05) is 18.2 Å². The van der Waals surface area contributed by atoms with Gasteiger partial charge in [0.2, 0.25) is 0 Å². The second-order valence-electron chi connectivity index (χ2n) is 5.28. The molecule has 0 bridgehead atoms. The maximum absolute atomic E-state index is 13.6. The Morgan fingerprint density at radius 1 is 1.23 bits per heavy atom. The number of amides is 2. The van der Waals surface area contributed by atoms with Gasteiger partial charge in [-0.15, -0.1) is 0 Å². The maximum atomic E-state index is 13.6. The lowest BCUT2D eigenvalue weighted by molar-refractivity contribution is -0.404. The van der Waals surface area contributed by atoms with E-state index in [-0.39, 0.29) is 11.8 Å². The van der Waals surface area contributed by atoms with E-state index in [0.717, 1.165) is 0 Å². The van der Waals surface area contributed by atoms with Crippen molar-refractivity contribution in [2.45, 2.75) is 12.1 Å². The molecule has 1 spiro atoms. The highest BCUT2D eigenvalue weighted by Gasteiger charge is 2.52. The maximum Gasteiger partial charge on any atom is 0.519 e. The van der Waals surface area contributed by atoms with Crippen LogP contribution in [0.3, 0.4) is 0 Å². The van der Waals surface area contributed by atoms with Gasteiger partial charge in [0, 0.05) is 0 Å². The largest absolute Gasteiger partial charge is 0.519 e. The lowest BCUT2D eigenvalue weighted by atomic mass is 9.94. The van der Waals surface area contributed by atoms with Gasteiger partial charge in [0.05, 0.1) is 18.6 Å². The lowest BCUT2D eigenvalue weighted by Gasteiger charge is -2.27. The highest BCUT2D eigenvalue weighted by Crippen LogP contribution is 2.41. The van der Waals surface area contributed by atoms with Gasteiger partial charge in [-0.3, -0.25) is 0 Å². The van der Waals surface area contributed by atoms with Crippen molar-refractivity contribution in [2.24, 2.45) is 5.11 Å². The zero-order valence-electron chi connectivity index (χ0n) is 11.6. The van der Waals surface area contributed by atoms with Gasteiger partial charge in [0.15, 0.2) is 5.69 Å². The SMILES string of the molecule is O=C1NC2(CCOc3ccc(F)cc32)N=[N+]1c1ccccc1. The Balaban J connectivity index is 1.86. The van der Waals surface area contributed by atoms with Gasteiger partial charge >= 0.3 is 6.03 Å². The molecule has 0 radical (unpaired) electrons. The molecule has 2 heterocycles. The molecule has 2 aromatic rings. The Kier molecular flexibility index (Phi) is 2.72. The van der Waals surface area contributed by atoms with Crippen LogP contribution in [0.15, 0.2) is 53.6 Å². The first-order chi connectivity index (χ1) is 10.7. The van der Waals surface area contributed by atoms with Crippen molar-refractivity contribution in [3.8, 4) is 5.75 Å².